The number of likely N-dealkylation sites (N-methyl/N-ethyl adjacent to an activating group) is 1. The van der Waals surface area contributed by atoms with Gasteiger partial charge in [0.25, 0.3) is 0 Å². The Labute approximate surface area is 186 Å². The van der Waals surface area contributed by atoms with Crippen molar-refractivity contribution in [2.75, 3.05) is 22.6 Å². The lowest BCUT2D eigenvalue weighted by Crippen LogP contribution is -2.49. The van der Waals surface area contributed by atoms with E-state index in [1.165, 1.54) is 0 Å². The first-order valence-electron chi connectivity index (χ1n) is 10.5. The molecular formula is C22H27FN8O. The van der Waals surface area contributed by atoms with Gasteiger partial charge < -0.3 is 15.5 Å². The maximum atomic E-state index is 14.2. The number of rotatable bonds is 6. The van der Waals surface area contributed by atoms with Gasteiger partial charge in [0.15, 0.2) is 5.82 Å². The number of fused-ring (bicyclic) bond motifs is 1. The number of carbonyl (C=O) groups is 1. The van der Waals surface area contributed by atoms with Crippen LogP contribution in [0.1, 0.15) is 36.4 Å². The Morgan fingerprint density at radius 3 is 2.78 bits per heavy atom. The summed E-state index contributed by atoms with van der Waals surface area (Å²) in [6.07, 6.45) is 5.18. The molecule has 32 heavy (non-hydrogen) atoms. The molecule has 1 amide bonds. The van der Waals surface area contributed by atoms with Gasteiger partial charge in [0.05, 0.1) is 24.1 Å². The third-order valence-electron chi connectivity index (χ3n) is 5.58. The summed E-state index contributed by atoms with van der Waals surface area (Å²) >= 11 is 0. The second kappa shape index (κ2) is 8.52. The predicted octanol–water partition coefficient (Wildman–Crippen LogP) is 2.90. The molecule has 0 aliphatic carbocycles. The number of aryl methyl sites for hydroxylation is 2. The highest BCUT2D eigenvalue weighted by molar-refractivity contribution is 6.03. The van der Waals surface area contributed by atoms with E-state index in [4.69, 9.17) is 0 Å². The second-order valence-corrected chi connectivity index (χ2v) is 8.39. The minimum absolute atomic E-state index is 0.0457. The maximum Gasteiger partial charge on any atom is 0.247 e. The van der Waals surface area contributed by atoms with Gasteiger partial charge in [-0.3, -0.25) is 14.5 Å². The summed E-state index contributed by atoms with van der Waals surface area (Å²) in [5.41, 5.74) is 3.16. The normalized spacial score (nSPS) is 15.7. The quantitative estimate of drug-likeness (QED) is 0.610. The molecule has 2 N–H and O–H groups in total. The van der Waals surface area contributed by atoms with Crippen molar-refractivity contribution in [3.8, 4) is 0 Å². The van der Waals surface area contributed by atoms with Gasteiger partial charge in [0.2, 0.25) is 11.9 Å². The van der Waals surface area contributed by atoms with Crippen molar-refractivity contribution in [2.45, 2.75) is 46.8 Å². The van der Waals surface area contributed by atoms with Crippen LogP contribution >= 0.6 is 0 Å². The summed E-state index contributed by atoms with van der Waals surface area (Å²) < 4.78 is 15.9. The van der Waals surface area contributed by atoms with E-state index in [-0.39, 0.29) is 23.7 Å². The van der Waals surface area contributed by atoms with Crippen molar-refractivity contribution in [3.05, 3.63) is 53.0 Å². The zero-order chi connectivity index (χ0) is 23.0. The summed E-state index contributed by atoms with van der Waals surface area (Å²) in [7, 11) is 1.88. The van der Waals surface area contributed by atoms with Crippen molar-refractivity contribution in [3.63, 3.8) is 0 Å². The van der Waals surface area contributed by atoms with Crippen molar-refractivity contribution >= 4 is 23.4 Å². The van der Waals surface area contributed by atoms with E-state index in [1.807, 2.05) is 38.9 Å². The molecule has 1 atom stereocenters. The van der Waals surface area contributed by atoms with Crippen molar-refractivity contribution in [1.82, 2.24) is 24.7 Å². The number of pyridine rings is 1. The molecule has 1 aliphatic heterocycles. The van der Waals surface area contributed by atoms with Gasteiger partial charge in [-0.15, -0.1) is 0 Å². The van der Waals surface area contributed by atoms with E-state index in [0.717, 1.165) is 5.56 Å². The summed E-state index contributed by atoms with van der Waals surface area (Å²) in [6, 6.07) is 1.37. The third kappa shape index (κ3) is 4.12. The first-order chi connectivity index (χ1) is 15.2. The lowest BCUT2D eigenvalue weighted by Gasteiger charge is -2.36. The molecule has 4 heterocycles. The fourth-order valence-electron chi connectivity index (χ4n) is 3.96. The molecule has 0 aromatic carbocycles. The van der Waals surface area contributed by atoms with Crippen molar-refractivity contribution < 1.29 is 9.18 Å². The molecular weight excluding hydrogens is 411 g/mol. The Morgan fingerprint density at radius 2 is 2.03 bits per heavy atom. The zero-order valence-corrected chi connectivity index (χ0v) is 18.8. The van der Waals surface area contributed by atoms with Crippen LogP contribution in [-0.2, 0) is 17.9 Å². The predicted molar refractivity (Wildman–Crippen MR) is 120 cm³/mol. The third-order valence-corrected chi connectivity index (χ3v) is 5.58. The maximum absolute atomic E-state index is 14.2. The first-order valence-corrected chi connectivity index (χ1v) is 10.5. The minimum Gasteiger partial charge on any atom is -0.350 e. The topological polar surface area (TPSA) is 101 Å². The van der Waals surface area contributed by atoms with Crippen molar-refractivity contribution in [1.29, 1.82) is 0 Å². The van der Waals surface area contributed by atoms with Crippen LogP contribution in [0.3, 0.4) is 0 Å². The first kappa shape index (κ1) is 21.7. The highest BCUT2D eigenvalue weighted by Crippen LogP contribution is 2.34. The molecule has 10 heteroatoms. The molecule has 168 valence electrons. The van der Waals surface area contributed by atoms with Crippen LogP contribution in [0.5, 0.6) is 0 Å². The Kier molecular flexibility index (Phi) is 5.77. The molecule has 4 rings (SSSR count). The highest BCUT2D eigenvalue weighted by atomic mass is 19.1. The Morgan fingerprint density at radius 1 is 1.25 bits per heavy atom. The van der Waals surface area contributed by atoms with E-state index in [9.17, 15) is 9.18 Å². The van der Waals surface area contributed by atoms with Crippen LogP contribution in [0.2, 0.25) is 0 Å². The number of amides is 1. The molecule has 0 fully saturated rings. The van der Waals surface area contributed by atoms with E-state index in [0.29, 0.717) is 47.5 Å². The number of anilines is 3. The largest absolute Gasteiger partial charge is 0.350 e. The van der Waals surface area contributed by atoms with Crippen LogP contribution in [0.4, 0.5) is 21.8 Å². The molecule has 1 aliphatic rings. The molecule has 0 bridgehead atoms. The average Bonchev–Trinajstić information content (AvgIpc) is 3.18. The number of hydrogen-bond donors (Lipinski definition) is 2. The van der Waals surface area contributed by atoms with E-state index >= 15 is 0 Å². The summed E-state index contributed by atoms with van der Waals surface area (Å²) in [5, 5.41) is 10.5. The Bertz CT molecular complexity index is 1160. The SMILES string of the molecule is Cc1nccc(Cn2cc(CNc3nc(C)c4c(n3)N(C)C(C(C)C)C(=O)N4)cn2)c1F. The molecule has 3 aromatic heterocycles. The van der Waals surface area contributed by atoms with Gasteiger partial charge in [-0.1, -0.05) is 13.8 Å². The molecule has 0 saturated heterocycles. The van der Waals surface area contributed by atoms with Gasteiger partial charge in [-0.25, -0.2) is 9.37 Å². The molecule has 0 radical (unpaired) electrons. The summed E-state index contributed by atoms with van der Waals surface area (Å²) in [4.78, 5) is 27.5. The molecule has 0 saturated carbocycles. The smallest absolute Gasteiger partial charge is 0.247 e. The Balaban J connectivity index is 1.48. The molecule has 1 unspecified atom stereocenters. The van der Waals surface area contributed by atoms with Gasteiger partial charge in [-0.05, 0) is 25.8 Å². The lowest BCUT2D eigenvalue weighted by atomic mass is 9.99. The summed E-state index contributed by atoms with van der Waals surface area (Å²) in [6.45, 7) is 8.29. The highest BCUT2D eigenvalue weighted by Gasteiger charge is 2.35. The van der Waals surface area contributed by atoms with Gasteiger partial charge in [0, 0.05) is 37.1 Å². The zero-order valence-electron chi connectivity index (χ0n) is 18.8. The number of nitrogens with zero attached hydrogens (tertiary/aromatic N) is 6. The molecule has 9 nitrogen and oxygen atoms in total. The number of nitrogens with one attached hydrogen (secondary N) is 2. The lowest BCUT2D eigenvalue weighted by molar-refractivity contribution is -0.118. The van der Waals surface area contributed by atoms with Crippen LogP contribution in [0.15, 0.2) is 24.7 Å². The van der Waals surface area contributed by atoms with Crippen LogP contribution in [-0.4, -0.2) is 43.7 Å². The number of carbonyl (C=O) groups excluding carboxylic acids is 1. The van der Waals surface area contributed by atoms with Crippen LogP contribution in [0, 0.1) is 25.6 Å². The standard InChI is InChI=1S/C22H27FN8O/c1-12(2)19-21(32)28-18-14(4)27-22(29-20(18)30(19)5)25-8-15-9-26-31(10-15)11-16-6-7-24-13(3)17(16)23/h6-7,9-10,12,19H,8,11H2,1-5H3,(H,28,32)(H,25,27,29). The minimum atomic E-state index is -0.309. The van der Waals surface area contributed by atoms with Crippen LogP contribution in [0.25, 0.3) is 0 Å². The fraction of sp³-hybridized carbons (Fsp3) is 0.409. The van der Waals surface area contributed by atoms with Gasteiger partial charge in [0.1, 0.15) is 17.5 Å². The average molecular weight is 439 g/mol. The van der Waals surface area contributed by atoms with Gasteiger partial charge in [-0.2, -0.15) is 10.1 Å². The molecule has 3 aromatic rings. The number of aromatic nitrogens is 5. The fourth-order valence-corrected chi connectivity index (χ4v) is 3.96. The Hall–Kier alpha value is -3.56. The van der Waals surface area contributed by atoms with E-state index in [1.54, 1.807) is 30.1 Å². The summed E-state index contributed by atoms with van der Waals surface area (Å²) in [5.74, 6) is 0.944. The van der Waals surface area contributed by atoms with E-state index in [2.05, 4.69) is 30.7 Å². The van der Waals surface area contributed by atoms with Gasteiger partial charge >= 0.3 is 0 Å². The number of hydrogen-bond acceptors (Lipinski definition) is 7. The van der Waals surface area contributed by atoms with E-state index < -0.39 is 0 Å². The second-order valence-electron chi connectivity index (χ2n) is 8.39. The number of halogens is 1. The van der Waals surface area contributed by atoms with Crippen LogP contribution < -0.4 is 15.5 Å². The van der Waals surface area contributed by atoms with Crippen molar-refractivity contribution in [2.24, 2.45) is 5.92 Å². The monoisotopic (exact) mass is 438 g/mol. The molecule has 0 spiro atoms.